The van der Waals surface area contributed by atoms with Crippen LogP contribution in [0.3, 0.4) is 0 Å². The second-order valence-electron chi connectivity index (χ2n) is 5.28. The molecule has 0 atom stereocenters. The molecule has 0 bridgehead atoms. The van der Waals surface area contributed by atoms with Crippen molar-refractivity contribution >= 4 is 17.5 Å². The SMILES string of the molecule is CCN(CC)C(=O)CN(C)C(=O)c1ccc2c(c1)CCN2. The molecular formula is C16H23N3O2. The summed E-state index contributed by atoms with van der Waals surface area (Å²) in [6.07, 6.45) is 0.943. The van der Waals surface area contributed by atoms with Gasteiger partial charge in [-0.2, -0.15) is 0 Å². The number of nitrogens with one attached hydrogen (secondary N) is 1. The lowest BCUT2D eigenvalue weighted by Gasteiger charge is -2.23. The molecular weight excluding hydrogens is 266 g/mol. The zero-order valence-electron chi connectivity index (χ0n) is 13.0. The molecule has 21 heavy (non-hydrogen) atoms. The number of benzene rings is 1. The molecule has 0 aliphatic carbocycles. The molecule has 1 aliphatic heterocycles. The summed E-state index contributed by atoms with van der Waals surface area (Å²) in [4.78, 5) is 27.7. The van der Waals surface area contributed by atoms with Crippen molar-refractivity contribution in [3.8, 4) is 0 Å². The summed E-state index contributed by atoms with van der Waals surface area (Å²) in [7, 11) is 1.68. The van der Waals surface area contributed by atoms with Gasteiger partial charge in [0.2, 0.25) is 5.91 Å². The molecule has 1 heterocycles. The lowest BCUT2D eigenvalue weighted by Crippen LogP contribution is -2.41. The third-order valence-electron chi connectivity index (χ3n) is 3.90. The predicted octanol–water partition coefficient (Wildman–Crippen LogP) is 1.59. The number of nitrogens with zero attached hydrogens (tertiary/aromatic N) is 2. The number of fused-ring (bicyclic) bond motifs is 1. The summed E-state index contributed by atoms with van der Waals surface area (Å²) in [5.41, 5.74) is 2.92. The van der Waals surface area contributed by atoms with E-state index < -0.39 is 0 Å². The maximum absolute atomic E-state index is 12.4. The van der Waals surface area contributed by atoms with Gasteiger partial charge in [-0.1, -0.05) is 0 Å². The highest BCUT2D eigenvalue weighted by Crippen LogP contribution is 2.23. The topological polar surface area (TPSA) is 52.7 Å². The van der Waals surface area contributed by atoms with E-state index in [1.807, 2.05) is 32.0 Å². The molecule has 0 radical (unpaired) electrons. The molecule has 2 amide bonds. The number of rotatable bonds is 5. The Morgan fingerprint density at radius 1 is 1.24 bits per heavy atom. The molecule has 0 aromatic heterocycles. The Balaban J connectivity index is 2.04. The number of hydrogen-bond acceptors (Lipinski definition) is 3. The fourth-order valence-electron chi connectivity index (χ4n) is 2.61. The van der Waals surface area contributed by atoms with Gasteiger partial charge in [-0.25, -0.2) is 0 Å². The van der Waals surface area contributed by atoms with Crippen LogP contribution in [0.2, 0.25) is 0 Å². The third kappa shape index (κ3) is 3.35. The smallest absolute Gasteiger partial charge is 0.254 e. The average Bonchev–Trinajstić information content (AvgIpc) is 2.94. The van der Waals surface area contributed by atoms with Crippen LogP contribution >= 0.6 is 0 Å². The minimum absolute atomic E-state index is 0.0151. The molecule has 114 valence electrons. The fraction of sp³-hybridized carbons (Fsp3) is 0.500. The Morgan fingerprint density at radius 2 is 1.95 bits per heavy atom. The minimum atomic E-state index is -0.106. The van der Waals surface area contributed by atoms with Crippen molar-refractivity contribution in [3.63, 3.8) is 0 Å². The van der Waals surface area contributed by atoms with E-state index in [9.17, 15) is 9.59 Å². The first kappa shape index (κ1) is 15.4. The van der Waals surface area contributed by atoms with Crippen molar-refractivity contribution in [3.05, 3.63) is 29.3 Å². The highest BCUT2D eigenvalue weighted by molar-refractivity contribution is 5.97. The summed E-state index contributed by atoms with van der Waals surface area (Å²) in [6.45, 7) is 6.26. The number of anilines is 1. The van der Waals surface area contributed by atoms with Crippen LogP contribution in [0, 0.1) is 0 Å². The Morgan fingerprint density at radius 3 is 2.62 bits per heavy atom. The Hall–Kier alpha value is -2.04. The van der Waals surface area contributed by atoms with Crippen LogP contribution in [-0.2, 0) is 11.2 Å². The molecule has 0 fully saturated rings. The second-order valence-corrected chi connectivity index (χ2v) is 5.28. The van der Waals surface area contributed by atoms with Crippen LogP contribution in [0.15, 0.2) is 18.2 Å². The molecule has 2 rings (SSSR count). The van der Waals surface area contributed by atoms with Gasteiger partial charge in [-0.3, -0.25) is 9.59 Å². The molecule has 1 N–H and O–H groups in total. The van der Waals surface area contributed by atoms with Crippen molar-refractivity contribution in [2.75, 3.05) is 38.5 Å². The molecule has 0 saturated carbocycles. The maximum atomic E-state index is 12.4. The van der Waals surface area contributed by atoms with Crippen molar-refractivity contribution in [1.29, 1.82) is 0 Å². The zero-order chi connectivity index (χ0) is 15.4. The first-order valence-corrected chi connectivity index (χ1v) is 7.46. The first-order chi connectivity index (χ1) is 10.1. The summed E-state index contributed by atoms with van der Waals surface area (Å²) < 4.78 is 0. The third-order valence-corrected chi connectivity index (χ3v) is 3.90. The second kappa shape index (κ2) is 6.61. The van der Waals surface area contributed by atoms with Gasteiger partial charge in [0.1, 0.15) is 0 Å². The summed E-state index contributed by atoms with van der Waals surface area (Å²) in [5.74, 6) is -0.121. The first-order valence-electron chi connectivity index (χ1n) is 7.46. The Labute approximate surface area is 125 Å². The van der Waals surface area contributed by atoms with Crippen LogP contribution in [0.1, 0.15) is 29.8 Å². The van der Waals surface area contributed by atoms with Gasteiger partial charge >= 0.3 is 0 Å². The highest BCUT2D eigenvalue weighted by Gasteiger charge is 2.19. The van der Waals surface area contributed by atoms with Crippen molar-refractivity contribution in [2.45, 2.75) is 20.3 Å². The predicted molar refractivity (Wildman–Crippen MR) is 83.5 cm³/mol. The quantitative estimate of drug-likeness (QED) is 0.895. The highest BCUT2D eigenvalue weighted by atomic mass is 16.2. The molecule has 1 aliphatic rings. The molecule has 0 unspecified atom stereocenters. The largest absolute Gasteiger partial charge is 0.384 e. The van der Waals surface area contributed by atoms with Gasteiger partial charge in [0.15, 0.2) is 0 Å². The number of carbonyl (C=O) groups excluding carboxylic acids is 2. The normalized spacial score (nSPS) is 12.5. The summed E-state index contributed by atoms with van der Waals surface area (Å²) in [5, 5.41) is 3.27. The number of likely N-dealkylation sites (N-methyl/N-ethyl adjacent to an activating group) is 2. The molecule has 5 nitrogen and oxygen atoms in total. The van der Waals surface area contributed by atoms with Gasteiger partial charge in [0.05, 0.1) is 6.54 Å². The van der Waals surface area contributed by atoms with E-state index in [1.54, 1.807) is 11.9 Å². The number of carbonyl (C=O) groups is 2. The van der Waals surface area contributed by atoms with Crippen molar-refractivity contribution < 1.29 is 9.59 Å². The monoisotopic (exact) mass is 289 g/mol. The maximum Gasteiger partial charge on any atom is 0.254 e. The van der Waals surface area contributed by atoms with Crippen LogP contribution in [-0.4, -0.2) is 54.8 Å². The number of amides is 2. The molecule has 0 saturated heterocycles. The van der Waals surface area contributed by atoms with Crippen LogP contribution < -0.4 is 5.32 Å². The molecule has 1 aromatic carbocycles. The van der Waals surface area contributed by atoms with Gasteiger partial charge in [-0.05, 0) is 44.0 Å². The van der Waals surface area contributed by atoms with E-state index in [2.05, 4.69) is 5.32 Å². The number of hydrogen-bond donors (Lipinski definition) is 1. The van der Waals surface area contributed by atoms with E-state index >= 15 is 0 Å². The lowest BCUT2D eigenvalue weighted by molar-refractivity contribution is -0.131. The van der Waals surface area contributed by atoms with E-state index in [4.69, 9.17) is 0 Å². The van der Waals surface area contributed by atoms with Gasteiger partial charge in [0, 0.05) is 37.9 Å². The van der Waals surface area contributed by atoms with Crippen LogP contribution in [0.5, 0.6) is 0 Å². The molecule has 1 aromatic rings. The van der Waals surface area contributed by atoms with Crippen LogP contribution in [0.25, 0.3) is 0 Å². The van der Waals surface area contributed by atoms with Gasteiger partial charge in [-0.15, -0.1) is 0 Å². The molecule has 5 heteroatoms. The Bertz CT molecular complexity index is 538. The fourth-order valence-corrected chi connectivity index (χ4v) is 2.61. The van der Waals surface area contributed by atoms with E-state index in [0.29, 0.717) is 18.7 Å². The molecule has 0 spiro atoms. The van der Waals surface area contributed by atoms with E-state index in [-0.39, 0.29) is 18.4 Å². The van der Waals surface area contributed by atoms with Crippen molar-refractivity contribution in [1.82, 2.24) is 9.80 Å². The zero-order valence-corrected chi connectivity index (χ0v) is 13.0. The summed E-state index contributed by atoms with van der Waals surface area (Å²) >= 11 is 0. The van der Waals surface area contributed by atoms with Crippen LogP contribution in [0.4, 0.5) is 5.69 Å². The van der Waals surface area contributed by atoms with Crippen molar-refractivity contribution in [2.24, 2.45) is 0 Å². The standard InChI is InChI=1S/C16H23N3O2/c1-4-19(5-2)15(20)11-18(3)16(21)13-6-7-14-12(10-13)8-9-17-14/h6-7,10,17H,4-5,8-9,11H2,1-3H3. The minimum Gasteiger partial charge on any atom is -0.384 e. The summed E-state index contributed by atoms with van der Waals surface area (Å²) in [6, 6.07) is 5.68. The lowest BCUT2D eigenvalue weighted by atomic mass is 10.1. The Kier molecular flexibility index (Phi) is 4.83. The van der Waals surface area contributed by atoms with Gasteiger partial charge < -0.3 is 15.1 Å². The van der Waals surface area contributed by atoms with Gasteiger partial charge in [0.25, 0.3) is 5.91 Å². The van der Waals surface area contributed by atoms with E-state index in [1.165, 1.54) is 10.5 Å². The average molecular weight is 289 g/mol. The van der Waals surface area contributed by atoms with E-state index in [0.717, 1.165) is 18.7 Å².